The van der Waals surface area contributed by atoms with E-state index in [9.17, 15) is 9.59 Å². The molecule has 0 spiro atoms. The molecule has 2 aliphatic rings. The lowest BCUT2D eigenvalue weighted by molar-refractivity contribution is -0.143. The van der Waals surface area contributed by atoms with Crippen molar-refractivity contribution in [1.29, 1.82) is 0 Å². The first-order valence-electron chi connectivity index (χ1n) is 10.4. The van der Waals surface area contributed by atoms with Crippen molar-refractivity contribution in [1.82, 2.24) is 10.2 Å². The maximum absolute atomic E-state index is 13.1. The van der Waals surface area contributed by atoms with Crippen molar-refractivity contribution in [3.05, 3.63) is 57.2 Å². The van der Waals surface area contributed by atoms with E-state index in [-0.39, 0.29) is 24.5 Å². The minimum Gasteiger partial charge on any atom is -0.459 e. The fraction of sp³-hybridized carbons (Fsp3) is 0.435. The number of benzene rings is 1. The molecule has 0 saturated carbocycles. The zero-order valence-electron chi connectivity index (χ0n) is 18.4. The van der Waals surface area contributed by atoms with Crippen molar-refractivity contribution >= 4 is 40.4 Å². The van der Waals surface area contributed by atoms with Crippen LogP contribution in [-0.2, 0) is 14.3 Å². The highest BCUT2D eigenvalue weighted by Crippen LogP contribution is 2.45. The number of amides is 1. The summed E-state index contributed by atoms with van der Waals surface area (Å²) in [5, 5.41) is 6.23. The van der Waals surface area contributed by atoms with Crippen molar-refractivity contribution in [2.75, 3.05) is 0 Å². The Kier molecular flexibility index (Phi) is 7.49. The first-order valence-corrected chi connectivity index (χ1v) is 11.7. The van der Waals surface area contributed by atoms with Crippen molar-refractivity contribution in [3.8, 4) is 0 Å². The number of nitrogens with zero attached hydrogens (tertiary/aromatic N) is 2. The summed E-state index contributed by atoms with van der Waals surface area (Å²) in [5.74, 6) is -0.481. The normalized spacial score (nSPS) is 19.1. The highest BCUT2D eigenvalue weighted by Gasteiger charge is 2.41. The SMILES string of the molecule is CC[C@@H](C)NC(=O)CC1=CSC2=NC(C)=C(C(=O)OC(C)C)[C@H](c3cccc(Cl)c3)N12. The smallest absolute Gasteiger partial charge is 0.338 e. The molecule has 0 radical (unpaired) electrons. The molecule has 2 aliphatic heterocycles. The highest BCUT2D eigenvalue weighted by molar-refractivity contribution is 8.16. The molecule has 1 N–H and O–H groups in total. The molecular formula is C23H28ClN3O3S. The summed E-state index contributed by atoms with van der Waals surface area (Å²) >= 11 is 7.73. The van der Waals surface area contributed by atoms with Crippen molar-refractivity contribution in [2.45, 2.75) is 65.6 Å². The van der Waals surface area contributed by atoms with Crippen LogP contribution in [0.25, 0.3) is 0 Å². The summed E-state index contributed by atoms with van der Waals surface area (Å²) in [5.41, 5.74) is 2.69. The van der Waals surface area contributed by atoms with E-state index in [0.29, 0.717) is 16.3 Å². The van der Waals surface area contributed by atoms with Gasteiger partial charge in [0.05, 0.1) is 29.8 Å². The number of thioether (sulfide) groups is 1. The number of aliphatic imine (C=N–C) groups is 1. The molecule has 1 aromatic carbocycles. The lowest BCUT2D eigenvalue weighted by Gasteiger charge is -2.36. The Balaban J connectivity index is 2.01. The topological polar surface area (TPSA) is 71.0 Å². The Bertz CT molecular complexity index is 971. The molecule has 0 bridgehead atoms. The summed E-state index contributed by atoms with van der Waals surface area (Å²) in [7, 11) is 0. The summed E-state index contributed by atoms with van der Waals surface area (Å²) in [6.45, 7) is 9.45. The number of rotatable bonds is 7. The van der Waals surface area contributed by atoms with E-state index >= 15 is 0 Å². The van der Waals surface area contributed by atoms with Crippen LogP contribution >= 0.6 is 23.4 Å². The molecule has 6 nitrogen and oxygen atoms in total. The van der Waals surface area contributed by atoms with Gasteiger partial charge in [-0.1, -0.05) is 42.4 Å². The van der Waals surface area contributed by atoms with Gasteiger partial charge in [0.25, 0.3) is 0 Å². The molecule has 31 heavy (non-hydrogen) atoms. The maximum Gasteiger partial charge on any atom is 0.338 e. The number of halogens is 1. The molecule has 0 saturated heterocycles. The number of esters is 1. The highest BCUT2D eigenvalue weighted by atomic mass is 35.5. The van der Waals surface area contributed by atoms with Crippen LogP contribution in [0.2, 0.25) is 5.02 Å². The minimum atomic E-state index is -0.477. The Labute approximate surface area is 192 Å². The predicted molar refractivity (Wildman–Crippen MR) is 126 cm³/mol. The Morgan fingerprint density at radius 1 is 1.32 bits per heavy atom. The molecule has 0 fully saturated rings. The summed E-state index contributed by atoms with van der Waals surface area (Å²) in [6, 6.07) is 7.03. The lowest BCUT2D eigenvalue weighted by atomic mass is 9.94. The van der Waals surface area contributed by atoms with Gasteiger partial charge in [0.2, 0.25) is 5.91 Å². The van der Waals surface area contributed by atoms with E-state index in [1.165, 1.54) is 11.8 Å². The Morgan fingerprint density at radius 2 is 2.06 bits per heavy atom. The number of carbonyl (C=O) groups is 2. The number of amidine groups is 1. The molecule has 0 aliphatic carbocycles. The first-order chi connectivity index (χ1) is 14.7. The van der Waals surface area contributed by atoms with Crippen LogP contribution in [0.5, 0.6) is 0 Å². The second kappa shape index (κ2) is 9.92. The molecule has 3 rings (SSSR count). The monoisotopic (exact) mass is 461 g/mol. The van der Waals surface area contributed by atoms with Gasteiger partial charge in [-0.15, -0.1) is 0 Å². The van der Waals surface area contributed by atoms with Crippen LogP contribution < -0.4 is 5.32 Å². The number of hydrogen-bond acceptors (Lipinski definition) is 6. The molecule has 1 amide bonds. The second-order valence-corrected chi connectivity index (χ2v) is 9.23. The number of nitrogens with one attached hydrogen (secondary N) is 1. The zero-order chi connectivity index (χ0) is 22.7. The van der Waals surface area contributed by atoms with Gasteiger partial charge in [-0.2, -0.15) is 0 Å². The summed E-state index contributed by atoms with van der Waals surface area (Å²) in [4.78, 5) is 32.3. The maximum atomic E-state index is 13.1. The number of ether oxygens (including phenoxy) is 1. The summed E-state index contributed by atoms with van der Waals surface area (Å²) < 4.78 is 5.54. The third-order valence-electron chi connectivity index (χ3n) is 5.09. The largest absolute Gasteiger partial charge is 0.459 e. The number of hydrogen-bond donors (Lipinski definition) is 1. The molecule has 0 aromatic heterocycles. The van der Waals surface area contributed by atoms with Crippen LogP contribution in [0.1, 0.15) is 59.1 Å². The molecule has 166 valence electrons. The molecule has 2 heterocycles. The molecule has 2 atom stereocenters. The third kappa shape index (κ3) is 5.33. The first kappa shape index (κ1) is 23.4. The van der Waals surface area contributed by atoms with E-state index in [1.807, 2.05) is 63.1 Å². The quantitative estimate of drug-likeness (QED) is 0.567. The number of carbonyl (C=O) groups excluding carboxylic acids is 2. The van der Waals surface area contributed by atoms with E-state index < -0.39 is 12.0 Å². The predicted octanol–water partition coefficient (Wildman–Crippen LogP) is 5.17. The molecular weight excluding hydrogens is 434 g/mol. The lowest BCUT2D eigenvalue weighted by Crippen LogP contribution is -2.39. The van der Waals surface area contributed by atoms with Gasteiger partial charge in [-0.05, 0) is 57.2 Å². The average molecular weight is 462 g/mol. The van der Waals surface area contributed by atoms with Crippen molar-refractivity contribution < 1.29 is 14.3 Å². The molecule has 1 aromatic rings. The van der Waals surface area contributed by atoms with Gasteiger partial charge in [0.1, 0.15) is 0 Å². The van der Waals surface area contributed by atoms with Crippen LogP contribution in [0.3, 0.4) is 0 Å². The third-order valence-corrected chi connectivity index (χ3v) is 6.21. The minimum absolute atomic E-state index is 0.0649. The standard InChI is InChI=1S/C23H28ClN3O3S/c1-6-14(4)25-19(28)11-18-12-31-23-26-15(5)20(22(29)30-13(2)3)21(27(18)23)16-8-7-9-17(24)10-16/h7-10,12-14,21H,6,11H2,1-5H3,(H,25,28)/t14-,21+/m1/s1. The fourth-order valence-electron chi connectivity index (χ4n) is 3.49. The van der Waals surface area contributed by atoms with Crippen LogP contribution in [0.15, 0.2) is 51.6 Å². The van der Waals surface area contributed by atoms with E-state index in [2.05, 4.69) is 10.3 Å². The molecule has 0 unspecified atom stereocenters. The van der Waals surface area contributed by atoms with Crippen molar-refractivity contribution in [3.63, 3.8) is 0 Å². The van der Waals surface area contributed by atoms with Crippen LogP contribution in [0.4, 0.5) is 0 Å². The Hall–Kier alpha value is -2.25. The van der Waals surface area contributed by atoms with E-state index in [1.54, 1.807) is 6.07 Å². The van der Waals surface area contributed by atoms with Gasteiger partial charge >= 0.3 is 5.97 Å². The van der Waals surface area contributed by atoms with E-state index in [4.69, 9.17) is 16.3 Å². The van der Waals surface area contributed by atoms with Gasteiger partial charge in [-0.3, -0.25) is 4.79 Å². The molecule has 8 heteroatoms. The summed E-state index contributed by atoms with van der Waals surface area (Å²) in [6.07, 6.45) is 0.787. The van der Waals surface area contributed by atoms with Gasteiger partial charge < -0.3 is 15.0 Å². The van der Waals surface area contributed by atoms with Gasteiger partial charge in [-0.25, -0.2) is 9.79 Å². The Morgan fingerprint density at radius 3 is 2.71 bits per heavy atom. The van der Waals surface area contributed by atoms with Gasteiger partial charge in [0, 0.05) is 16.8 Å². The average Bonchev–Trinajstić information content (AvgIpc) is 3.07. The van der Waals surface area contributed by atoms with Crippen LogP contribution in [0, 0.1) is 0 Å². The number of fused-ring (bicyclic) bond motifs is 1. The van der Waals surface area contributed by atoms with Crippen molar-refractivity contribution in [2.24, 2.45) is 4.99 Å². The van der Waals surface area contributed by atoms with E-state index in [0.717, 1.165) is 22.8 Å². The zero-order valence-corrected chi connectivity index (χ0v) is 20.0. The fourth-order valence-corrected chi connectivity index (χ4v) is 4.66. The van der Waals surface area contributed by atoms with Crippen LogP contribution in [-0.4, -0.2) is 34.1 Å². The number of allylic oxidation sites excluding steroid dienone is 1. The van der Waals surface area contributed by atoms with Gasteiger partial charge in [0.15, 0.2) is 5.17 Å². The second-order valence-electron chi connectivity index (χ2n) is 7.96.